The van der Waals surface area contributed by atoms with Crippen molar-refractivity contribution in [3.63, 3.8) is 0 Å². The summed E-state index contributed by atoms with van der Waals surface area (Å²) in [4.78, 5) is 2.62. The van der Waals surface area contributed by atoms with Crippen LogP contribution in [0.5, 0.6) is 0 Å². The van der Waals surface area contributed by atoms with Crippen LogP contribution in [0.3, 0.4) is 0 Å². The van der Waals surface area contributed by atoms with Crippen LogP contribution < -0.4 is 11.1 Å². The van der Waals surface area contributed by atoms with Crippen molar-refractivity contribution in [3.05, 3.63) is 39.0 Å². The zero-order valence-corrected chi connectivity index (χ0v) is 14.6. The molecule has 3 heterocycles. The van der Waals surface area contributed by atoms with E-state index in [1.54, 1.807) is 22.7 Å². The Labute approximate surface area is 138 Å². The third-order valence-electron chi connectivity index (χ3n) is 3.98. The Bertz CT molecular complexity index is 762. The Morgan fingerprint density at radius 1 is 1.36 bits per heavy atom. The molecule has 0 amide bonds. The quantitative estimate of drug-likeness (QED) is 0.737. The molecule has 6 heteroatoms. The maximum Gasteiger partial charge on any atom is 0.109 e. The van der Waals surface area contributed by atoms with Crippen LogP contribution in [0, 0.1) is 6.92 Å². The van der Waals surface area contributed by atoms with Gasteiger partial charge in [0.05, 0.1) is 16.6 Å². The molecule has 3 N–H and O–H groups in total. The molecule has 3 aromatic rings. The highest BCUT2D eigenvalue weighted by Gasteiger charge is 2.20. The largest absolute Gasteiger partial charge is 0.378 e. The second-order valence-corrected chi connectivity index (χ2v) is 7.69. The zero-order chi connectivity index (χ0) is 15.7. The molecule has 0 saturated heterocycles. The lowest BCUT2D eigenvalue weighted by Gasteiger charge is -2.14. The van der Waals surface area contributed by atoms with Crippen molar-refractivity contribution >= 4 is 38.6 Å². The number of hydrogen-bond acceptors (Lipinski definition) is 6. The molecule has 0 saturated carbocycles. The fraction of sp³-hybridized carbons (Fsp3) is 0.375. The van der Waals surface area contributed by atoms with Gasteiger partial charge in [0.15, 0.2) is 0 Å². The predicted octanol–water partition coefficient (Wildman–Crippen LogP) is 4.12. The first-order chi connectivity index (χ1) is 10.6. The Hall–Kier alpha value is -1.50. The lowest BCUT2D eigenvalue weighted by atomic mass is 10.00. The van der Waals surface area contributed by atoms with Gasteiger partial charge in [0.2, 0.25) is 0 Å². The van der Waals surface area contributed by atoms with Crippen LogP contribution in [-0.4, -0.2) is 16.2 Å². The first kappa shape index (κ1) is 15.4. The summed E-state index contributed by atoms with van der Waals surface area (Å²) in [6.07, 6.45) is 1.81. The number of thiophene rings is 2. The molecule has 2 atom stereocenters. The van der Waals surface area contributed by atoms with Gasteiger partial charge in [-0.25, -0.2) is 0 Å². The van der Waals surface area contributed by atoms with Crippen molar-refractivity contribution in [3.8, 4) is 0 Å². The first-order valence-electron chi connectivity index (χ1n) is 7.34. The second kappa shape index (κ2) is 6.32. The summed E-state index contributed by atoms with van der Waals surface area (Å²) in [5.41, 5.74) is 9.32. The van der Waals surface area contributed by atoms with Gasteiger partial charge >= 0.3 is 0 Å². The summed E-state index contributed by atoms with van der Waals surface area (Å²) >= 11 is 3.54. The third kappa shape index (κ3) is 2.86. The minimum Gasteiger partial charge on any atom is -0.378 e. The van der Waals surface area contributed by atoms with Crippen molar-refractivity contribution in [1.29, 1.82) is 0 Å². The fourth-order valence-electron chi connectivity index (χ4n) is 2.42. The van der Waals surface area contributed by atoms with E-state index >= 15 is 0 Å². The highest BCUT2D eigenvalue weighted by atomic mass is 32.1. The first-order valence-corrected chi connectivity index (χ1v) is 9.04. The summed E-state index contributed by atoms with van der Waals surface area (Å²) < 4.78 is 1.17. The summed E-state index contributed by atoms with van der Waals surface area (Å²) in [7, 11) is 0. The molecule has 0 fully saturated rings. The van der Waals surface area contributed by atoms with Crippen LogP contribution in [0.4, 0.5) is 5.69 Å². The van der Waals surface area contributed by atoms with E-state index in [0.29, 0.717) is 5.92 Å². The van der Waals surface area contributed by atoms with Gasteiger partial charge in [-0.2, -0.15) is 5.10 Å². The maximum atomic E-state index is 6.08. The van der Waals surface area contributed by atoms with E-state index in [9.17, 15) is 0 Å². The number of rotatable bonds is 5. The number of hydrogen-bond donors (Lipinski definition) is 2. The average Bonchev–Trinajstić information content (AvgIpc) is 3.13. The highest BCUT2D eigenvalue weighted by molar-refractivity contribution is 7.20. The van der Waals surface area contributed by atoms with Crippen LogP contribution in [0.15, 0.2) is 23.7 Å². The average molecular weight is 332 g/mol. The molecule has 0 aliphatic carbocycles. The van der Waals surface area contributed by atoms with E-state index in [0.717, 1.165) is 17.7 Å². The molecule has 0 aliphatic rings. The van der Waals surface area contributed by atoms with Crippen molar-refractivity contribution in [2.24, 2.45) is 5.73 Å². The lowest BCUT2D eigenvalue weighted by Crippen LogP contribution is -2.22. The van der Waals surface area contributed by atoms with E-state index in [1.807, 2.05) is 6.20 Å². The number of nitrogens with one attached hydrogen (secondary N) is 1. The standard InChI is InChI=1S/C16H20N4S2/c1-9(11(3)17)15-10(2)14-16(22-15)13(8-19-20-14)18-7-12-5-4-6-21-12/h4-6,8-9,11H,7,17H2,1-3H3,(H,18,20)/t9-,11-/m1/s1. The number of aryl methyl sites for hydroxylation is 1. The molecule has 0 aromatic carbocycles. The topological polar surface area (TPSA) is 63.8 Å². The predicted molar refractivity (Wildman–Crippen MR) is 95.9 cm³/mol. The Morgan fingerprint density at radius 2 is 2.18 bits per heavy atom. The maximum absolute atomic E-state index is 6.08. The summed E-state index contributed by atoms with van der Waals surface area (Å²) in [6.45, 7) is 7.16. The number of fused-ring (bicyclic) bond motifs is 1. The van der Waals surface area contributed by atoms with Crippen molar-refractivity contribution in [2.45, 2.75) is 39.3 Å². The summed E-state index contributed by atoms with van der Waals surface area (Å²) in [5.74, 6) is 0.323. The van der Waals surface area contributed by atoms with E-state index < -0.39 is 0 Å². The van der Waals surface area contributed by atoms with Crippen molar-refractivity contribution < 1.29 is 0 Å². The van der Waals surface area contributed by atoms with Crippen LogP contribution in [0.2, 0.25) is 0 Å². The van der Waals surface area contributed by atoms with Gasteiger partial charge in [-0.1, -0.05) is 13.0 Å². The molecule has 0 aliphatic heterocycles. The molecule has 0 radical (unpaired) electrons. The van der Waals surface area contributed by atoms with Gasteiger partial charge in [0.1, 0.15) is 5.52 Å². The molecule has 0 unspecified atom stereocenters. The molecule has 0 spiro atoms. The van der Waals surface area contributed by atoms with Gasteiger partial charge in [0.25, 0.3) is 0 Å². The summed E-state index contributed by atoms with van der Waals surface area (Å²) in [5, 5.41) is 14.1. The SMILES string of the molecule is Cc1c([C@H](C)[C@@H](C)N)sc2c(NCc3cccs3)cnnc12. The van der Waals surface area contributed by atoms with Crippen molar-refractivity contribution in [2.75, 3.05) is 5.32 Å². The number of aromatic nitrogens is 2. The molecular weight excluding hydrogens is 312 g/mol. The van der Waals surface area contributed by atoms with Gasteiger partial charge in [-0.05, 0) is 30.9 Å². The van der Waals surface area contributed by atoms with Crippen LogP contribution in [0.25, 0.3) is 10.2 Å². The Balaban J connectivity index is 1.96. The Morgan fingerprint density at radius 3 is 2.86 bits per heavy atom. The van der Waals surface area contributed by atoms with Crippen LogP contribution in [0.1, 0.15) is 35.1 Å². The monoisotopic (exact) mass is 332 g/mol. The fourth-order valence-corrected chi connectivity index (χ4v) is 4.46. The molecule has 22 heavy (non-hydrogen) atoms. The van der Waals surface area contributed by atoms with E-state index in [2.05, 4.69) is 53.8 Å². The molecule has 4 nitrogen and oxygen atoms in total. The molecule has 0 bridgehead atoms. The molecular formula is C16H20N4S2. The van der Waals surface area contributed by atoms with Crippen LogP contribution >= 0.6 is 22.7 Å². The molecule has 116 valence electrons. The van der Waals surface area contributed by atoms with Gasteiger partial charge in [-0.15, -0.1) is 27.8 Å². The smallest absolute Gasteiger partial charge is 0.109 e. The number of nitrogens with zero attached hydrogens (tertiary/aromatic N) is 2. The van der Waals surface area contributed by atoms with E-state index in [4.69, 9.17) is 5.73 Å². The summed E-state index contributed by atoms with van der Waals surface area (Å²) in [6, 6.07) is 4.33. The highest BCUT2D eigenvalue weighted by Crippen LogP contribution is 2.38. The second-order valence-electron chi connectivity index (χ2n) is 5.61. The van der Waals surface area contributed by atoms with Crippen molar-refractivity contribution in [1.82, 2.24) is 10.2 Å². The minimum atomic E-state index is 0.127. The van der Waals surface area contributed by atoms with E-state index in [1.165, 1.54) is 20.0 Å². The molecule has 3 aromatic heterocycles. The number of anilines is 1. The minimum absolute atomic E-state index is 0.127. The normalized spacial score (nSPS) is 14.2. The van der Waals surface area contributed by atoms with Gasteiger partial charge in [0, 0.05) is 28.3 Å². The molecule has 3 rings (SSSR count). The Kier molecular flexibility index (Phi) is 4.42. The van der Waals surface area contributed by atoms with E-state index in [-0.39, 0.29) is 6.04 Å². The van der Waals surface area contributed by atoms with Gasteiger partial charge in [-0.3, -0.25) is 0 Å². The van der Waals surface area contributed by atoms with Gasteiger partial charge < -0.3 is 11.1 Å². The lowest BCUT2D eigenvalue weighted by molar-refractivity contribution is 0.620. The third-order valence-corrected chi connectivity index (χ3v) is 6.37. The number of nitrogens with two attached hydrogens (primary N) is 1. The zero-order valence-electron chi connectivity index (χ0n) is 13.0. The van der Waals surface area contributed by atoms with Crippen LogP contribution in [-0.2, 0) is 6.54 Å².